The van der Waals surface area contributed by atoms with Gasteiger partial charge in [0.05, 0.1) is 12.1 Å². The van der Waals surface area contributed by atoms with Crippen LogP contribution in [0.1, 0.15) is 55.5 Å². The Morgan fingerprint density at radius 1 is 1.10 bits per heavy atom. The summed E-state index contributed by atoms with van der Waals surface area (Å²) in [4.78, 5) is 31.4. The van der Waals surface area contributed by atoms with Gasteiger partial charge in [0.25, 0.3) is 5.56 Å². The summed E-state index contributed by atoms with van der Waals surface area (Å²) >= 11 is 0. The minimum atomic E-state index is -0.996. The highest BCUT2D eigenvalue weighted by Gasteiger charge is 2.11. The van der Waals surface area contributed by atoms with Crippen LogP contribution in [-0.2, 0) is 16.0 Å². The Hall–Kier alpha value is -3.55. The molecular weight excluding hydrogens is 389 g/mol. The van der Waals surface area contributed by atoms with E-state index in [1.54, 1.807) is 12.1 Å². The molecule has 0 spiro atoms. The first kappa shape index (κ1) is 24.5. The number of primary amides is 1. The van der Waals surface area contributed by atoms with Crippen LogP contribution in [-0.4, -0.2) is 27.2 Å². The number of carbonyl (C=O) groups excluding carboxylic acids is 1. The van der Waals surface area contributed by atoms with E-state index >= 15 is 0 Å². The minimum absolute atomic E-state index is 0.0741. The lowest BCUT2D eigenvalue weighted by Crippen LogP contribution is -2.16. The number of carboxylic acids is 1. The molecule has 2 aromatic rings. The molecule has 0 saturated carbocycles. The van der Waals surface area contributed by atoms with Gasteiger partial charge in [0, 0.05) is 24.0 Å². The zero-order valence-corrected chi connectivity index (χ0v) is 17.0. The average molecular weight is 415 g/mol. The Morgan fingerprint density at radius 2 is 1.70 bits per heavy atom. The maximum atomic E-state index is 12.9. The van der Waals surface area contributed by atoms with E-state index in [1.807, 2.05) is 38.2 Å². The maximum absolute atomic E-state index is 12.9. The van der Waals surface area contributed by atoms with Crippen LogP contribution in [0.3, 0.4) is 0 Å². The molecule has 1 amide bonds. The van der Waals surface area contributed by atoms with Gasteiger partial charge in [-0.1, -0.05) is 50.3 Å². The van der Waals surface area contributed by atoms with Gasteiger partial charge in [-0.25, -0.2) is 9.49 Å². The summed E-state index contributed by atoms with van der Waals surface area (Å²) in [6.45, 7) is 4.00. The second-order valence-electron chi connectivity index (χ2n) is 6.03. The van der Waals surface area contributed by atoms with Crippen LogP contribution in [0.25, 0.3) is 12.2 Å². The monoisotopic (exact) mass is 415 g/mol. The first-order chi connectivity index (χ1) is 14.4. The molecule has 0 fully saturated rings. The van der Waals surface area contributed by atoms with Gasteiger partial charge in [0.1, 0.15) is 5.82 Å². The van der Waals surface area contributed by atoms with E-state index in [1.165, 1.54) is 12.1 Å². The summed E-state index contributed by atoms with van der Waals surface area (Å²) in [6.07, 6.45) is 8.80. The Labute approximate surface area is 174 Å². The van der Waals surface area contributed by atoms with Crippen molar-refractivity contribution in [3.8, 4) is 0 Å². The fourth-order valence-electron chi connectivity index (χ4n) is 2.48. The van der Waals surface area contributed by atoms with Crippen molar-refractivity contribution in [3.63, 3.8) is 0 Å². The van der Waals surface area contributed by atoms with E-state index in [2.05, 4.69) is 15.9 Å². The highest BCUT2D eigenvalue weighted by atomic mass is 19.1. The summed E-state index contributed by atoms with van der Waals surface area (Å²) in [5, 5.41) is 14.6. The molecule has 4 N–H and O–H groups in total. The summed E-state index contributed by atoms with van der Waals surface area (Å²) in [7, 11) is 0. The largest absolute Gasteiger partial charge is 0.481 e. The smallest absolute Gasteiger partial charge is 0.303 e. The fraction of sp³-hybridized carbons (Fsp3) is 0.273. The lowest BCUT2D eigenvalue weighted by molar-refractivity contribution is -0.138. The number of allylic oxidation sites excluding steroid dienone is 2. The van der Waals surface area contributed by atoms with Gasteiger partial charge in [-0.05, 0) is 24.1 Å². The van der Waals surface area contributed by atoms with E-state index in [-0.39, 0.29) is 24.2 Å². The number of fused-ring (bicyclic) bond motifs is 1. The highest BCUT2D eigenvalue weighted by molar-refractivity contribution is 5.79. The van der Waals surface area contributed by atoms with Crippen molar-refractivity contribution in [2.45, 2.75) is 39.5 Å². The van der Waals surface area contributed by atoms with E-state index in [0.717, 1.165) is 23.2 Å². The van der Waals surface area contributed by atoms with Crippen LogP contribution in [0.4, 0.5) is 4.39 Å². The van der Waals surface area contributed by atoms with Crippen molar-refractivity contribution in [3.05, 3.63) is 75.0 Å². The third-order valence-corrected chi connectivity index (χ3v) is 3.85. The second-order valence-corrected chi connectivity index (χ2v) is 6.03. The summed E-state index contributed by atoms with van der Waals surface area (Å²) in [5.74, 6) is -1.83. The Kier molecular flexibility index (Phi) is 10.5. The van der Waals surface area contributed by atoms with E-state index in [9.17, 15) is 18.8 Å². The van der Waals surface area contributed by atoms with E-state index < -0.39 is 11.9 Å². The van der Waals surface area contributed by atoms with Crippen molar-refractivity contribution in [2.24, 2.45) is 5.73 Å². The number of nitrogens with two attached hydrogens (primary N) is 1. The van der Waals surface area contributed by atoms with Crippen molar-refractivity contribution in [2.75, 3.05) is 0 Å². The molecule has 0 bridgehead atoms. The second kappa shape index (κ2) is 12.8. The first-order valence-electron chi connectivity index (χ1n) is 9.56. The van der Waals surface area contributed by atoms with Crippen LogP contribution < -0.4 is 11.3 Å². The number of hydrogen-bond donors (Lipinski definition) is 3. The van der Waals surface area contributed by atoms with Gasteiger partial charge in [0.15, 0.2) is 0 Å². The Balaban J connectivity index is 0.000000383. The zero-order chi connectivity index (χ0) is 22.5. The third kappa shape index (κ3) is 8.22. The quantitative estimate of drug-likeness (QED) is 0.691. The van der Waals surface area contributed by atoms with Gasteiger partial charge in [-0.3, -0.25) is 14.4 Å². The van der Waals surface area contributed by atoms with Crippen LogP contribution in [0.5, 0.6) is 0 Å². The normalized spacial score (nSPS) is 11.2. The number of carboxylic acid groups (broad SMARTS) is 1. The summed E-state index contributed by atoms with van der Waals surface area (Å²) < 4.78 is 12.9. The number of aromatic amines is 1. The molecule has 0 unspecified atom stereocenters. The molecule has 3 rings (SSSR count). The highest BCUT2D eigenvalue weighted by Crippen LogP contribution is 2.19. The number of amides is 1. The number of halogens is 1. The summed E-state index contributed by atoms with van der Waals surface area (Å²) in [5.41, 5.74) is 7.66. The van der Waals surface area contributed by atoms with Crippen molar-refractivity contribution in [1.29, 1.82) is 0 Å². The fourth-order valence-corrected chi connectivity index (χ4v) is 2.48. The molecule has 1 aliphatic rings. The number of rotatable bonds is 5. The van der Waals surface area contributed by atoms with Crippen LogP contribution in [0.2, 0.25) is 0 Å². The van der Waals surface area contributed by atoms with Gasteiger partial charge in [-0.2, -0.15) is 5.10 Å². The molecule has 160 valence electrons. The van der Waals surface area contributed by atoms with Crippen molar-refractivity contribution < 1.29 is 19.1 Å². The minimum Gasteiger partial charge on any atom is -0.481 e. The first-order valence-corrected chi connectivity index (χ1v) is 9.56. The molecule has 0 saturated heterocycles. The van der Waals surface area contributed by atoms with Crippen LogP contribution >= 0.6 is 0 Å². The molecule has 0 atom stereocenters. The molecule has 7 nitrogen and oxygen atoms in total. The number of nitrogens with zero attached hydrogens (tertiary/aromatic N) is 1. The van der Waals surface area contributed by atoms with Gasteiger partial charge >= 0.3 is 5.97 Å². The van der Waals surface area contributed by atoms with E-state index in [4.69, 9.17) is 5.11 Å². The number of benzene rings is 1. The van der Waals surface area contributed by atoms with Gasteiger partial charge < -0.3 is 10.8 Å². The molecule has 8 heteroatoms. The molecule has 1 aromatic carbocycles. The van der Waals surface area contributed by atoms with Crippen LogP contribution in [0, 0.1) is 5.82 Å². The Bertz CT molecular complexity index is 949. The number of aliphatic carboxylic acids is 1. The number of hydrogen-bond acceptors (Lipinski definition) is 4. The zero-order valence-electron chi connectivity index (χ0n) is 17.0. The molecule has 0 aliphatic heterocycles. The number of nitrogens with one attached hydrogen (secondary N) is 1. The molecule has 1 heterocycles. The van der Waals surface area contributed by atoms with Gasteiger partial charge in [-0.15, -0.1) is 0 Å². The number of carbonyl (C=O) groups is 2. The maximum Gasteiger partial charge on any atom is 0.303 e. The number of aromatic nitrogens is 2. The Morgan fingerprint density at radius 3 is 2.23 bits per heavy atom. The number of H-pyrrole nitrogens is 1. The molecule has 30 heavy (non-hydrogen) atoms. The van der Waals surface area contributed by atoms with Gasteiger partial charge in [0.2, 0.25) is 5.91 Å². The lowest BCUT2D eigenvalue weighted by atomic mass is 10.0. The third-order valence-electron chi connectivity index (χ3n) is 3.85. The van der Waals surface area contributed by atoms with Crippen molar-refractivity contribution in [1.82, 2.24) is 10.2 Å². The predicted octanol–water partition coefficient (Wildman–Crippen LogP) is 3.29. The standard InChI is InChI=1S/C16H13FN2O.C4H7NO3.C2H6/c17-12-8-6-11(7-9-12)10-15-13-4-2-1-3-5-14(13)16(20)19-18-15;5-3(6)1-2-4(7)8;1-2/h2-9H,1,10H2,(H,19,20);1-2H2,(H2,5,6)(H,7,8);1-2H3. The SMILES string of the molecule is CC.NC(=O)CCC(=O)O.O=c1[nH]nc(Cc2ccc(F)cc2)c2c1C=CCC=C2. The van der Waals surface area contributed by atoms with Crippen molar-refractivity contribution >= 4 is 24.0 Å². The summed E-state index contributed by atoms with van der Waals surface area (Å²) in [6, 6.07) is 6.31. The predicted molar refractivity (Wildman–Crippen MR) is 114 cm³/mol. The molecule has 0 radical (unpaired) electrons. The van der Waals surface area contributed by atoms with E-state index in [0.29, 0.717) is 12.0 Å². The molecule has 1 aliphatic carbocycles. The average Bonchev–Trinajstić information content (AvgIpc) is 2.99. The topological polar surface area (TPSA) is 126 Å². The van der Waals surface area contributed by atoms with Crippen LogP contribution in [0.15, 0.2) is 41.2 Å². The lowest BCUT2D eigenvalue weighted by Gasteiger charge is -2.07. The molecular formula is C22H26FN3O4. The molecule has 1 aromatic heterocycles.